The van der Waals surface area contributed by atoms with Gasteiger partial charge in [0.1, 0.15) is 0 Å². The number of hydrogen-bond acceptors (Lipinski definition) is 3. The van der Waals surface area contributed by atoms with Gasteiger partial charge in [0.2, 0.25) is 0 Å². The first-order valence-corrected chi connectivity index (χ1v) is 8.23. The lowest BCUT2D eigenvalue weighted by Gasteiger charge is -2.49. The Bertz CT molecular complexity index is 386. The maximum atomic E-state index is 12.3. The lowest BCUT2D eigenvalue weighted by Crippen LogP contribution is -2.62. The van der Waals surface area contributed by atoms with E-state index in [2.05, 4.69) is 4.72 Å². The van der Waals surface area contributed by atoms with Crippen LogP contribution in [0.4, 0.5) is 0 Å². The van der Waals surface area contributed by atoms with Gasteiger partial charge in [-0.3, -0.25) is 0 Å². The van der Waals surface area contributed by atoms with Crippen LogP contribution in [0.5, 0.6) is 0 Å². The van der Waals surface area contributed by atoms with Crippen LogP contribution in [-0.2, 0) is 10.2 Å². The van der Waals surface area contributed by atoms with Gasteiger partial charge in [0.05, 0.1) is 6.10 Å². The third kappa shape index (κ3) is 2.71. The fourth-order valence-electron chi connectivity index (χ4n) is 2.64. The summed E-state index contributed by atoms with van der Waals surface area (Å²) in [6.45, 7) is 5.03. The van der Waals surface area contributed by atoms with Crippen molar-refractivity contribution in [2.24, 2.45) is 5.41 Å². The Morgan fingerprint density at radius 1 is 1.17 bits per heavy atom. The van der Waals surface area contributed by atoms with E-state index < -0.39 is 16.3 Å². The smallest absolute Gasteiger partial charge is 0.279 e. The van der Waals surface area contributed by atoms with Crippen molar-refractivity contribution < 1.29 is 13.5 Å². The highest BCUT2D eigenvalue weighted by atomic mass is 32.2. The first-order chi connectivity index (χ1) is 8.34. The van der Waals surface area contributed by atoms with Crippen molar-refractivity contribution in [3.8, 4) is 0 Å². The third-order valence-electron chi connectivity index (χ3n) is 4.41. The average molecular weight is 276 g/mol. The molecule has 0 radical (unpaired) electrons. The molecule has 6 heteroatoms. The Morgan fingerprint density at radius 2 is 1.72 bits per heavy atom. The molecule has 5 nitrogen and oxygen atoms in total. The van der Waals surface area contributed by atoms with Crippen LogP contribution in [0.3, 0.4) is 0 Å². The van der Waals surface area contributed by atoms with E-state index in [0.29, 0.717) is 19.5 Å². The second kappa shape index (κ2) is 5.07. The number of hydrogen-bond donors (Lipinski definition) is 2. The Balaban J connectivity index is 1.99. The summed E-state index contributed by atoms with van der Waals surface area (Å²) in [5.41, 5.74) is -0.362. The van der Waals surface area contributed by atoms with E-state index in [0.717, 1.165) is 25.7 Å². The molecule has 2 aliphatic rings. The van der Waals surface area contributed by atoms with Crippen LogP contribution in [0.1, 0.15) is 46.0 Å². The van der Waals surface area contributed by atoms with Gasteiger partial charge in [-0.25, -0.2) is 0 Å². The molecule has 0 aromatic carbocycles. The van der Waals surface area contributed by atoms with Crippen molar-refractivity contribution in [1.82, 2.24) is 9.03 Å². The van der Waals surface area contributed by atoms with E-state index in [9.17, 15) is 13.5 Å². The van der Waals surface area contributed by atoms with Gasteiger partial charge >= 0.3 is 0 Å². The summed E-state index contributed by atoms with van der Waals surface area (Å²) in [6.07, 6.45) is 4.21. The van der Waals surface area contributed by atoms with Gasteiger partial charge in [0.25, 0.3) is 10.2 Å². The molecule has 1 aliphatic carbocycles. The van der Waals surface area contributed by atoms with Crippen LogP contribution in [0.25, 0.3) is 0 Å². The molecule has 1 saturated carbocycles. The Morgan fingerprint density at radius 3 is 2.17 bits per heavy atom. The van der Waals surface area contributed by atoms with E-state index in [4.69, 9.17) is 0 Å². The molecule has 0 aromatic heterocycles. The lowest BCUT2D eigenvalue weighted by molar-refractivity contribution is -0.0649. The number of nitrogens with one attached hydrogen (secondary N) is 1. The van der Waals surface area contributed by atoms with Crippen LogP contribution >= 0.6 is 0 Å². The molecule has 1 aliphatic heterocycles. The molecular weight excluding hydrogens is 252 g/mol. The van der Waals surface area contributed by atoms with Crippen LogP contribution in [-0.4, -0.2) is 43.1 Å². The first kappa shape index (κ1) is 14.2. The number of aliphatic hydroxyl groups excluding tert-OH is 1. The Kier molecular flexibility index (Phi) is 4.02. The fourth-order valence-corrected chi connectivity index (χ4v) is 4.29. The summed E-state index contributed by atoms with van der Waals surface area (Å²) in [6, 6.07) is -0.152. The quantitative estimate of drug-likeness (QED) is 0.803. The highest BCUT2D eigenvalue weighted by Gasteiger charge is 2.49. The van der Waals surface area contributed by atoms with E-state index >= 15 is 0 Å². The standard InChI is InChI=1S/C12H24N2O3S/c1-12(2)10(9-11(12)15)13-18(16,17)14-7-5-3-4-6-8-14/h10-11,13,15H,3-9H2,1-2H3. The first-order valence-electron chi connectivity index (χ1n) is 6.79. The minimum Gasteiger partial charge on any atom is -0.392 e. The zero-order valence-electron chi connectivity index (χ0n) is 11.2. The maximum absolute atomic E-state index is 12.3. The maximum Gasteiger partial charge on any atom is 0.279 e. The van der Waals surface area contributed by atoms with Crippen molar-refractivity contribution >= 4 is 10.2 Å². The van der Waals surface area contributed by atoms with Crippen molar-refractivity contribution in [3.05, 3.63) is 0 Å². The number of rotatable bonds is 3. The molecule has 2 rings (SSSR count). The molecule has 1 saturated heterocycles. The van der Waals surface area contributed by atoms with E-state index in [-0.39, 0.29) is 11.5 Å². The predicted octanol–water partition coefficient (Wildman–Crippen LogP) is 0.856. The van der Waals surface area contributed by atoms with Crippen molar-refractivity contribution in [1.29, 1.82) is 0 Å². The van der Waals surface area contributed by atoms with Crippen molar-refractivity contribution in [3.63, 3.8) is 0 Å². The zero-order valence-corrected chi connectivity index (χ0v) is 12.0. The molecular formula is C12H24N2O3S. The minimum absolute atomic E-state index is 0.152. The van der Waals surface area contributed by atoms with Gasteiger partial charge in [-0.2, -0.15) is 17.4 Å². The molecule has 2 fully saturated rings. The second-order valence-corrected chi connectivity index (χ2v) is 7.76. The molecule has 106 valence electrons. The minimum atomic E-state index is -3.39. The van der Waals surface area contributed by atoms with Crippen LogP contribution in [0.15, 0.2) is 0 Å². The molecule has 0 bridgehead atoms. The Labute approximate surface area is 110 Å². The predicted molar refractivity (Wildman–Crippen MR) is 70.3 cm³/mol. The largest absolute Gasteiger partial charge is 0.392 e. The van der Waals surface area contributed by atoms with Gasteiger partial charge in [0.15, 0.2) is 0 Å². The molecule has 18 heavy (non-hydrogen) atoms. The van der Waals surface area contributed by atoms with Crippen molar-refractivity contribution in [2.75, 3.05) is 13.1 Å². The van der Waals surface area contributed by atoms with Gasteiger partial charge in [-0.05, 0) is 19.3 Å². The number of nitrogens with zero attached hydrogens (tertiary/aromatic N) is 1. The second-order valence-electron chi connectivity index (χ2n) is 6.06. The molecule has 2 unspecified atom stereocenters. The van der Waals surface area contributed by atoms with Gasteiger partial charge in [-0.15, -0.1) is 0 Å². The summed E-state index contributed by atoms with van der Waals surface area (Å²) in [4.78, 5) is 0. The van der Waals surface area contributed by atoms with Gasteiger partial charge in [-0.1, -0.05) is 26.7 Å². The fraction of sp³-hybridized carbons (Fsp3) is 1.00. The summed E-state index contributed by atoms with van der Waals surface area (Å²) < 4.78 is 28.8. The zero-order chi connectivity index (χ0) is 13.4. The van der Waals surface area contributed by atoms with Crippen LogP contribution in [0.2, 0.25) is 0 Å². The Hall–Kier alpha value is -0.170. The average Bonchev–Trinajstić information content (AvgIpc) is 2.57. The topological polar surface area (TPSA) is 69.6 Å². The monoisotopic (exact) mass is 276 g/mol. The molecule has 2 N–H and O–H groups in total. The summed E-state index contributed by atoms with van der Waals surface area (Å²) in [7, 11) is -3.39. The van der Waals surface area contributed by atoms with E-state index in [1.54, 1.807) is 4.31 Å². The van der Waals surface area contributed by atoms with E-state index in [1.165, 1.54) is 0 Å². The van der Waals surface area contributed by atoms with E-state index in [1.807, 2.05) is 13.8 Å². The molecule has 0 aromatic rings. The molecule has 1 heterocycles. The van der Waals surface area contributed by atoms with Crippen molar-refractivity contribution in [2.45, 2.75) is 58.1 Å². The summed E-state index contributed by atoms with van der Waals surface area (Å²) in [5.74, 6) is 0. The highest BCUT2D eigenvalue weighted by molar-refractivity contribution is 7.87. The molecule has 2 atom stereocenters. The van der Waals surface area contributed by atoms with Crippen LogP contribution < -0.4 is 4.72 Å². The van der Waals surface area contributed by atoms with Gasteiger partial charge in [0, 0.05) is 24.5 Å². The lowest BCUT2D eigenvalue weighted by atomic mass is 9.65. The van der Waals surface area contributed by atoms with Gasteiger partial charge < -0.3 is 5.11 Å². The molecule has 0 amide bonds. The summed E-state index contributed by atoms with van der Waals surface area (Å²) >= 11 is 0. The summed E-state index contributed by atoms with van der Waals surface area (Å²) in [5, 5.41) is 9.65. The normalized spacial score (nSPS) is 33.7. The number of aliphatic hydroxyl groups is 1. The third-order valence-corrected chi connectivity index (χ3v) is 6.04. The highest BCUT2D eigenvalue weighted by Crippen LogP contribution is 2.40. The SMILES string of the molecule is CC1(C)C(O)CC1NS(=O)(=O)N1CCCCCC1. The molecule has 0 spiro atoms. The van der Waals surface area contributed by atoms with Crippen LogP contribution in [0, 0.1) is 5.41 Å².